The normalized spacial score (nSPS) is 14.7. The molecular weight excluding hydrogens is 388 g/mol. The van der Waals surface area contributed by atoms with Gasteiger partial charge in [-0.25, -0.2) is 13.4 Å². The van der Waals surface area contributed by atoms with Gasteiger partial charge < -0.3 is 10.2 Å². The lowest BCUT2D eigenvalue weighted by molar-refractivity contribution is -0.121. The lowest BCUT2D eigenvalue weighted by Gasteiger charge is -2.16. The maximum absolute atomic E-state index is 12.6. The van der Waals surface area contributed by atoms with Crippen molar-refractivity contribution in [1.82, 2.24) is 14.6 Å². The van der Waals surface area contributed by atoms with Crippen molar-refractivity contribution >= 4 is 21.7 Å². The number of carbonyl (C=O) groups is 1. The zero-order valence-corrected chi connectivity index (χ0v) is 17.8. The van der Waals surface area contributed by atoms with Gasteiger partial charge in [0.15, 0.2) is 0 Å². The molecule has 2 aromatic rings. The number of benzene rings is 1. The van der Waals surface area contributed by atoms with Crippen LogP contribution in [0.15, 0.2) is 47.5 Å². The second-order valence-electron chi connectivity index (χ2n) is 7.41. The number of hydrogen-bond acceptors (Lipinski definition) is 5. The number of hydrogen-bond donors (Lipinski definition) is 1. The lowest BCUT2D eigenvalue weighted by Crippen LogP contribution is -2.27. The van der Waals surface area contributed by atoms with Crippen LogP contribution in [0, 0.1) is 0 Å². The lowest BCUT2D eigenvalue weighted by atomic mass is 10.1. The number of pyridine rings is 1. The molecule has 0 spiro atoms. The Morgan fingerprint density at radius 2 is 1.83 bits per heavy atom. The molecule has 8 heteroatoms. The first-order chi connectivity index (χ1) is 13.9. The van der Waals surface area contributed by atoms with Crippen molar-refractivity contribution in [2.75, 3.05) is 32.1 Å². The van der Waals surface area contributed by atoms with E-state index in [4.69, 9.17) is 0 Å². The molecule has 1 aromatic heterocycles. The molecule has 0 radical (unpaired) electrons. The van der Waals surface area contributed by atoms with E-state index in [2.05, 4.69) is 10.3 Å². The molecule has 1 aliphatic heterocycles. The molecule has 1 N–H and O–H groups in total. The summed E-state index contributed by atoms with van der Waals surface area (Å²) < 4.78 is 26.7. The number of anilines is 1. The highest BCUT2D eigenvalue weighted by atomic mass is 32.2. The summed E-state index contributed by atoms with van der Waals surface area (Å²) in [5.41, 5.74) is 1.90. The van der Waals surface area contributed by atoms with Gasteiger partial charge in [0.1, 0.15) is 5.82 Å². The fourth-order valence-corrected chi connectivity index (χ4v) is 4.93. The SMILES string of the molecule is CN(C)c1ncccc1CNC(=O)CCc1ccc(S(=O)(=O)N2CCCC2)cc1. The van der Waals surface area contributed by atoms with Gasteiger partial charge in [-0.15, -0.1) is 0 Å². The van der Waals surface area contributed by atoms with Gasteiger partial charge in [-0.05, 0) is 43.0 Å². The predicted octanol–water partition coefficient (Wildman–Crippen LogP) is 2.18. The van der Waals surface area contributed by atoms with Crippen LogP contribution in [0.1, 0.15) is 30.4 Å². The van der Waals surface area contributed by atoms with Crippen molar-refractivity contribution in [2.45, 2.75) is 37.1 Å². The minimum atomic E-state index is -3.39. The molecule has 0 saturated carbocycles. The number of aryl methyl sites for hydroxylation is 1. The molecule has 29 heavy (non-hydrogen) atoms. The Morgan fingerprint density at radius 3 is 2.48 bits per heavy atom. The van der Waals surface area contributed by atoms with Crippen molar-refractivity contribution in [3.8, 4) is 0 Å². The number of nitrogens with zero attached hydrogens (tertiary/aromatic N) is 3. The Bertz CT molecular complexity index is 937. The Labute approximate surface area is 172 Å². The molecule has 156 valence electrons. The fraction of sp³-hybridized carbons (Fsp3) is 0.429. The Morgan fingerprint density at radius 1 is 1.14 bits per heavy atom. The van der Waals surface area contributed by atoms with Gasteiger partial charge >= 0.3 is 0 Å². The smallest absolute Gasteiger partial charge is 0.243 e. The molecule has 0 bridgehead atoms. The van der Waals surface area contributed by atoms with Gasteiger partial charge in [0.2, 0.25) is 15.9 Å². The summed E-state index contributed by atoms with van der Waals surface area (Å²) in [6, 6.07) is 10.7. The first-order valence-corrected chi connectivity index (χ1v) is 11.3. The van der Waals surface area contributed by atoms with Crippen LogP contribution in [-0.2, 0) is 27.8 Å². The average molecular weight is 417 g/mol. The van der Waals surface area contributed by atoms with Crippen LogP contribution >= 0.6 is 0 Å². The highest BCUT2D eigenvalue weighted by Gasteiger charge is 2.26. The summed E-state index contributed by atoms with van der Waals surface area (Å²) in [6.07, 6.45) is 4.47. The van der Waals surface area contributed by atoms with Crippen molar-refractivity contribution in [3.63, 3.8) is 0 Å². The van der Waals surface area contributed by atoms with Gasteiger partial charge in [0.05, 0.1) is 4.90 Å². The summed E-state index contributed by atoms with van der Waals surface area (Å²) in [5, 5.41) is 2.93. The van der Waals surface area contributed by atoms with Crippen molar-refractivity contribution in [3.05, 3.63) is 53.7 Å². The number of amides is 1. The number of aromatic nitrogens is 1. The molecule has 7 nitrogen and oxygen atoms in total. The third-order valence-electron chi connectivity index (χ3n) is 5.03. The minimum absolute atomic E-state index is 0.0488. The maximum Gasteiger partial charge on any atom is 0.243 e. The molecule has 2 heterocycles. The maximum atomic E-state index is 12.6. The van der Waals surface area contributed by atoms with Gasteiger partial charge in [-0.1, -0.05) is 18.2 Å². The monoisotopic (exact) mass is 416 g/mol. The van der Waals surface area contributed by atoms with Crippen LogP contribution in [0.3, 0.4) is 0 Å². The summed E-state index contributed by atoms with van der Waals surface area (Å²) in [5.74, 6) is 0.787. The minimum Gasteiger partial charge on any atom is -0.362 e. The molecule has 0 aliphatic carbocycles. The molecule has 0 atom stereocenters. The van der Waals surface area contributed by atoms with E-state index >= 15 is 0 Å². The Balaban J connectivity index is 1.52. The van der Waals surface area contributed by atoms with Gasteiger partial charge in [0, 0.05) is 51.9 Å². The molecule has 3 rings (SSSR count). The third kappa shape index (κ3) is 5.33. The molecule has 1 amide bonds. The number of carbonyl (C=O) groups excluding carboxylic acids is 1. The van der Waals surface area contributed by atoms with Crippen LogP contribution < -0.4 is 10.2 Å². The second-order valence-corrected chi connectivity index (χ2v) is 9.35. The van der Waals surface area contributed by atoms with Crippen LogP contribution in [0.25, 0.3) is 0 Å². The zero-order chi connectivity index (χ0) is 20.9. The first-order valence-electron chi connectivity index (χ1n) is 9.85. The Kier molecular flexibility index (Phi) is 6.87. The van der Waals surface area contributed by atoms with Crippen LogP contribution in [0.5, 0.6) is 0 Å². The quantitative estimate of drug-likeness (QED) is 0.713. The summed E-state index contributed by atoms with van der Waals surface area (Å²) >= 11 is 0. The Hall–Kier alpha value is -2.45. The zero-order valence-electron chi connectivity index (χ0n) is 17.0. The standard InChI is InChI=1S/C21H28N4O3S/c1-24(2)21-18(6-5-13-22-21)16-23-20(26)12-9-17-7-10-19(11-8-17)29(27,28)25-14-3-4-15-25/h5-8,10-11,13H,3-4,9,12,14-16H2,1-2H3,(H,23,26). The van der Waals surface area contributed by atoms with Crippen molar-refractivity contribution in [1.29, 1.82) is 0 Å². The molecule has 1 fully saturated rings. The molecule has 0 unspecified atom stereocenters. The third-order valence-corrected chi connectivity index (χ3v) is 6.95. The van der Waals surface area contributed by atoms with E-state index < -0.39 is 10.0 Å². The van der Waals surface area contributed by atoms with E-state index in [9.17, 15) is 13.2 Å². The van der Waals surface area contributed by atoms with Gasteiger partial charge in [-0.3, -0.25) is 4.79 Å². The van der Waals surface area contributed by atoms with Gasteiger partial charge in [0.25, 0.3) is 0 Å². The number of sulfonamides is 1. The van der Waals surface area contributed by atoms with E-state index in [1.54, 1.807) is 30.5 Å². The van der Waals surface area contributed by atoms with Crippen LogP contribution in [-0.4, -0.2) is 50.8 Å². The fourth-order valence-electron chi connectivity index (χ4n) is 3.42. The van der Waals surface area contributed by atoms with E-state index in [0.717, 1.165) is 29.8 Å². The first kappa shape index (κ1) is 21.3. The number of nitrogens with one attached hydrogen (secondary N) is 1. The van der Waals surface area contributed by atoms with Crippen LogP contribution in [0.2, 0.25) is 0 Å². The summed E-state index contributed by atoms with van der Waals surface area (Å²) in [4.78, 5) is 18.8. The summed E-state index contributed by atoms with van der Waals surface area (Å²) in [6.45, 7) is 1.61. The highest BCUT2D eigenvalue weighted by Crippen LogP contribution is 2.21. The molecular formula is C21H28N4O3S. The molecule has 1 aromatic carbocycles. The van der Waals surface area contributed by atoms with Gasteiger partial charge in [-0.2, -0.15) is 4.31 Å². The summed E-state index contributed by atoms with van der Waals surface area (Å²) in [7, 11) is 0.443. The molecule has 1 aliphatic rings. The van der Waals surface area contributed by atoms with Crippen molar-refractivity contribution in [2.24, 2.45) is 0 Å². The van der Waals surface area contributed by atoms with Crippen molar-refractivity contribution < 1.29 is 13.2 Å². The van der Waals surface area contributed by atoms with E-state index in [0.29, 0.717) is 37.4 Å². The van der Waals surface area contributed by atoms with E-state index in [1.165, 1.54) is 4.31 Å². The van der Waals surface area contributed by atoms with E-state index in [-0.39, 0.29) is 5.91 Å². The highest BCUT2D eigenvalue weighted by molar-refractivity contribution is 7.89. The predicted molar refractivity (Wildman–Crippen MR) is 113 cm³/mol. The topological polar surface area (TPSA) is 82.6 Å². The average Bonchev–Trinajstić information content (AvgIpc) is 3.27. The van der Waals surface area contributed by atoms with E-state index in [1.807, 2.05) is 31.1 Å². The number of rotatable bonds is 8. The largest absolute Gasteiger partial charge is 0.362 e. The van der Waals surface area contributed by atoms with Crippen LogP contribution in [0.4, 0.5) is 5.82 Å². The molecule has 1 saturated heterocycles. The second kappa shape index (κ2) is 9.37.